The number of hydrogen-bond acceptors (Lipinski definition) is 5. The Bertz CT molecular complexity index is 349. The van der Waals surface area contributed by atoms with Gasteiger partial charge in [-0.15, -0.1) is 0 Å². The molecule has 0 unspecified atom stereocenters. The molecule has 1 aliphatic rings. The van der Waals surface area contributed by atoms with Crippen LogP contribution >= 0.6 is 0 Å². The molecular weight excluding hydrogens is 226 g/mol. The Labute approximate surface area is 109 Å². The minimum absolute atomic E-state index is 0.707. The molecule has 0 bridgehead atoms. The predicted molar refractivity (Wildman–Crippen MR) is 74.5 cm³/mol. The van der Waals surface area contributed by atoms with Crippen LogP contribution in [0.15, 0.2) is 6.07 Å². The first-order valence-corrected chi connectivity index (χ1v) is 6.93. The average molecular weight is 249 g/mol. The second-order valence-corrected chi connectivity index (χ2v) is 4.78. The van der Waals surface area contributed by atoms with Crippen LogP contribution in [-0.2, 0) is 6.42 Å². The van der Waals surface area contributed by atoms with Crippen LogP contribution < -0.4 is 16.2 Å². The Morgan fingerprint density at radius 1 is 1.17 bits per heavy atom. The van der Waals surface area contributed by atoms with Gasteiger partial charge in [0.1, 0.15) is 17.5 Å². The normalized spacial score (nSPS) is 17.1. The van der Waals surface area contributed by atoms with E-state index in [1.165, 1.54) is 32.1 Å². The molecular formula is C13H23N5. The lowest BCUT2D eigenvalue weighted by molar-refractivity contribution is 0.553. The van der Waals surface area contributed by atoms with E-state index in [4.69, 9.17) is 5.84 Å². The fraction of sp³-hybridized carbons (Fsp3) is 0.692. The monoisotopic (exact) mass is 249 g/mol. The molecule has 0 amide bonds. The Balaban J connectivity index is 2.18. The Morgan fingerprint density at radius 3 is 2.44 bits per heavy atom. The third-order valence-corrected chi connectivity index (χ3v) is 3.40. The average Bonchev–Trinajstić information content (AvgIpc) is 2.37. The first kappa shape index (κ1) is 13.1. The van der Waals surface area contributed by atoms with Crippen molar-refractivity contribution in [2.24, 2.45) is 5.84 Å². The van der Waals surface area contributed by atoms with Crippen LogP contribution in [0, 0.1) is 0 Å². The van der Waals surface area contributed by atoms with E-state index in [-0.39, 0.29) is 0 Å². The van der Waals surface area contributed by atoms with Gasteiger partial charge in [0.2, 0.25) is 0 Å². The second kappa shape index (κ2) is 6.54. The molecule has 0 spiro atoms. The first-order chi connectivity index (χ1) is 8.83. The highest BCUT2D eigenvalue weighted by atomic mass is 15.3. The van der Waals surface area contributed by atoms with E-state index in [1.54, 1.807) is 0 Å². The third kappa shape index (κ3) is 3.32. The van der Waals surface area contributed by atoms with Gasteiger partial charge in [-0.05, 0) is 12.8 Å². The van der Waals surface area contributed by atoms with Gasteiger partial charge in [0.05, 0.1) is 0 Å². The Morgan fingerprint density at radius 2 is 1.83 bits per heavy atom. The highest BCUT2D eigenvalue weighted by Crippen LogP contribution is 2.19. The molecule has 0 radical (unpaired) electrons. The molecule has 2 heterocycles. The van der Waals surface area contributed by atoms with E-state index in [2.05, 4.69) is 27.2 Å². The van der Waals surface area contributed by atoms with Crippen molar-refractivity contribution in [2.45, 2.75) is 45.4 Å². The maximum absolute atomic E-state index is 5.47. The minimum atomic E-state index is 0.707. The summed E-state index contributed by atoms with van der Waals surface area (Å²) in [6, 6.07) is 1.95. The molecule has 1 saturated heterocycles. The summed E-state index contributed by atoms with van der Waals surface area (Å²) >= 11 is 0. The summed E-state index contributed by atoms with van der Waals surface area (Å²) < 4.78 is 0. The molecule has 0 saturated carbocycles. The fourth-order valence-corrected chi connectivity index (χ4v) is 2.35. The summed E-state index contributed by atoms with van der Waals surface area (Å²) in [5, 5.41) is 0. The molecule has 0 aliphatic carbocycles. The zero-order valence-corrected chi connectivity index (χ0v) is 11.2. The van der Waals surface area contributed by atoms with Gasteiger partial charge in [0.25, 0.3) is 0 Å². The van der Waals surface area contributed by atoms with Gasteiger partial charge >= 0.3 is 0 Å². The molecule has 5 heteroatoms. The number of anilines is 2. The summed E-state index contributed by atoms with van der Waals surface area (Å²) in [4.78, 5) is 11.3. The third-order valence-electron chi connectivity index (χ3n) is 3.40. The van der Waals surface area contributed by atoms with Gasteiger partial charge in [-0.25, -0.2) is 15.8 Å². The summed E-state index contributed by atoms with van der Waals surface area (Å²) in [5.41, 5.74) is 2.63. The number of nitrogens with zero attached hydrogens (tertiary/aromatic N) is 3. The van der Waals surface area contributed by atoms with Crippen molar-refractivity contribution in [1.82, 2.24) is 9.97 Å². The number of hydrazine groups is 1. The van der Waals surface area contributed by atoms with Gasteiger partial charge in [0.15, 0.2) is 0 Å². The molecule has 1 fully saturated rings. The van der Waals surface area contributed by atoms with Crippen LogP contribution in [0.5, 0.6) is 0 Å². The topological polar surface area (TPSA) is 67.1 Å². The maximum Gasteiger partial charge on any atom is 0.145 e. The van der Waals surface area contributed by atoms with Crippen molar-refractivity contribution in [3.8, 4) is 0 Å². The van der Waals surface area contributed by atoms with Gasteiger partial charge in [-0.1, -0.05) is 26.2 Å². The van der Waals surface area contributed by atoms with Crippen LogP contribution in [0.25, 0.3) is 0 Å². The van der Waals surface area contributed by atoms with E-state index in [1.807, 2.05) is 6.07 Å². The number of aryl methyl sites for hydroxylation is 1. The van der Waals surface area contributed by atoms with Crippen LogP contribution in [0.1, 0.15) is 44.9 Å². The number of hydrogen-bond donors (Lipinski definition) is 2. The zero-order valence-electron chi connectivity index (χ0n) is 11.2. The largest absolute Gasteiger partial charge is 0.356 e. The quantitative estimate of drug-likeness (QED) is 0.634. The second-order valence-electron chi connectivity index (χ2n) is 4.78. The molecule has 3 N–H and O–H groups in total. The highest BCUT2D eigenvalue weighted by Gasteiger charge is 2.12. The highest BCUT2D eigenvalue weighted by molar-refractivity contribution is 5.48. The van der Waals surface area contributed by atoms with Crippen molar-refractivity contribution in [3.05, 3.63) is 11.9 Å². The van der Waals surface area contributed by atoms with E-state index in [9.17, 15) is 0 Å². The lowest BCUT2D eigenvalue weighted by Gasteiger charge is -2.26. The van der Waals surface area contributed by atoms with E-state index in [0.717, 1.165) is 31.2 Å². The number of rotatable bonds is 3. The molecule has 0 atom stereocenters. The standard InChI is InChI=1S/C13H23N5/c1-2-11-15-12(17-14)10-13(16-11)18-8-6-4-3-5-7-9-18/h10H,2-9,14H2,1H3,(H,15,16,17). The van der Waals surface area contributed by atoms with Gasteiger partial charge in [-0.2, -0.15) is 0 Å². The summed E-state index contributed by atoms with van der Waals surface area (Å²) in [7, 11) is 0. The predicted octanol–water partition coefficient (Wildman–Crippen LogP) is 2.10. The molecule has 0 aromatic carbocycles. The molecule has 5 nitrogen and oxygen atoms in total. The SMILES string of the molecule is CCc1nc(NN)cc(N2CCCCCCC2)n1. The molecule has 18 heavy (non-hydrogen) atoms. The molecule has 1 aliphatic heterocycles. The van der Waals surface area contributed by atoms with Gasteiger partial charge in [0, 0.05) is 25.6 Å². The van der Waals surface area contributed by atoms with Gasteiger partial charge in [-0.3, -0.25) is 0 Å². The molecule has 1 aromatic rings. The van der Waals surface area contributed by atoms with Crippen molar-refractivity contribution in [3.63, 3.8) is 0 Å². The number of aromatic nitrogens is 2. The summed E-state index contributed by atoms with van der Waals surface area (Å²) in [5.74, 6) is 8.04. The van der Waals surface area contributed by atoms with Crippen molar-refractivity contribution in [2.75, 3.05) is 23.4 Å². The Hall–Kier alpha value is -1.36. The van der Waals surface area contributed by atoms with Crippen LogP contribution in [0.2, 0.25) is 0 Å². The van der Waals surface area contributed by atoms with Crippen molar-refractivity contribution < 1.29 is 0 Å². The number of nitrogens with one attached hydrogen (secondary N) is 1. The van der Waals surface area contributed by atoms with E-state index in [0.29, 0.717) is 5.82 Å². The van der Waals surface area contributed by atoms with Crippen LogP contribution in [0.3, 0.4) is 0 Å². The lowest BCUT2D eigenvalue weighted by atomic mass is 10.1. The zero-order chi connectivity index (χ0) is 12.8. The fourth-order valence-electron chi connectivity index (χ4n) is 2.35. The maximum atomic E-state index is 5.47. The smallest absolute Gasteiger partial charge is 0.145 e. The molecule has 100 valence electrons. The molecule has 2 rings (SSSR count). The Kier molecular flexibility index (Phi) is 4.75. The molecule has 1 aromatic heterocycles. The number of nitrogen functional groups attached to an aromatic ring is 1. The first-order valence-electron chi connectivity index (χ1n) is 6.93. The van der Waals surface area contributed by atoms with Crippen LogP contribution in [-0.4, -0.2) is 23.1 Å². The van der Waals surface area contributed by atoms with Crippen molar-refractivity contribution >= 4 is 11.6 Å². The number of nitrogens with two attached hydrogens (primary N) is 1. The van der Waals surface area contributed by atoms with Crippen LogP contribution in [0.4, 0.5) is 11.6 Å². The van der Waals surface area contributed by atoms with E-state index < -0.39 is 0 Å². The van der Waals surface area contributed by atoms with E-state index >= 15 is 0 Å². The minimum Gasteiger partial charge on any atom is -0.356 e. The summed E-state index contributed by atoms with van der Waals surface area (Å²) in [6.07, 6.45) is 7.34. The summed E-state index contributed by atoms with van der Waals surface area (Å²) in [6.45, 7) is 4.24. The lowest BCUT2D eigenvalue weighted by Crippen LogP contribution is -2.28. The van der Waals surface area contributed by atoms with Gasteiger partial charge < -0.3 is 10.3 Å². The van der Waals surface area contributed by atoms with Crippen molar-refractivity contribution in [1.29, 1.82) is 0 Å².